The van der Waals surface area contributed by atoms with Crippen LogP contribution in [-0.4, -0.2) is 27.3 Å². The number of methoxy groups -OCH3 is 1. The first-order valence-electron chi connectivity index (χ1n) is 14.2. The molecule has 0 aliphatic carbocycles. The Bertz CT molecular complexity index is 2220. The van der Waals surface area contributed by atoms with Crippen LogP contribution in [-0.2, 0) is 14.8 Å². The molecule has 272 valence electrons. The predicted molar refractivity (Wildman–Crippen MR) is 177 cm³/mol. The van der Waals surface area contributed by atoms with Crippen molar-refractivity contribution in [2.75, 3.05) is 17.7 Å². The summed E-state index contributed by atoms with van der Waals surface area (Å²) in [6.45, 7) is 0. The van der Waals surface area contributed by atoms with E-state index in [9.17, 15) is 53.1 Å². The molecule has 0 aromatic heterocycles. The second kappa shape index (κ2) is 16.9. The second-order valence-electron chi connectivity index (χ2n) is 10.3. The van der Waals surface area contributed by atoms with Crippen molar-refractivity contribution in [3.63, 3.8) is 0 Å². The van der Waals surface area contributed by atoms with Crippen molar-refractivity contribution in [3.8, 4) is 5.75 Å². The molecule has 0 saturated carbocycles. The maximum absolute atomic E-state index is 14.0. The van der Waals surface area contributed by atoms with Crippen LogP contribution in [0.4, 0.5) is 46.5 Å². The summed E-state index contributed by atoms with van der Waals surface area (Å²) in [6.07, 6.45) is 0. The average Bonchev–Trinajstić information content (AvgIpc) is 3.08. The smallest absolute Gasteiger partial charge is 0.261 e. The van der Waals surface area contributed by atoms with Crippen LogP contribution >= 0.6 is 22.4 Å². The van der Waals surface area contributed by atoms with E-state index < -0.39 is 83.5 Å². The fourth-order valence-corrected chi connectivity index (χ4v) is 5.88. The van der Waals surface area contributed by atoms with E-state index in [4.69, 9.17) is 15.4 Å². The molecular formula is C34H21ClF8N2O5S2. The highest BCUT2D eigenvalue weighted by Gasteiger charge is 2.18. The molecule has 7 nitrogen and oxygen atoms in total. The van der Waals surface area contributed by atoms with Gasteiger partial charge in [-0.2, -0.15) is 0 Å². The average molecular weight is 789 g/mol. The van der Waals surface area contributed by atoms with Crippen LogP contribution < -0.4 is 15.4 Å². The minimum absolute atomic E-state index is 0.0348. The van der Waals surface area contributed by atoms with E-state index in [1.807, 2.05) is 17.4 Å². The van der Waals surface area contributed by atoms with Crippen molar-refractivity contribution in [3.05, 3.63) is 148 Å². The summed E-state index contributed by atoms with van der Waals surface area (Å²) >= 11 is 1.32. The molecule has 0 heterocycles. The standard InChI is InChI=1S/C21H15F4NO2S.C13H6ClF4NO3S/c1-28-16-4-2-12(3-5-16)11-29-17-7-13(6-14(22)8-17)21(27)26-15-9-18(23)20(25)19(24)10-15;14-23(21,22)9-2-6(1-7(15)3-9)13(20)19-8-4-10(16)12(18)11(17)5-8/h2-10H,11H2,1H3,(H,26,27);1-5H,(H,19,20). The minimum Gasteiger partial charge on any atom is -0.497 e. The minimum atomic E-state index is -4.29. The van der Waals surface area contributed by atoms with Gasteiger partial charge in [0.25, 0.3) is 20.9 Å². The Morgan fingerprint density at radius 3 is 1.54 bits per heavy atom. The summed E-state index contributed by atoms with van der Waals surface area (Å²) in [5.74, 6) is -11.6. The number of halogens is 9. The summed E-state index contributed by atoms with van der Waals surface area (Å²) in [6, 6.07) is 15.5. The molecule has 5 aromatic rings. The molecule has 0 aliphatic heterocycles. The van der Waals surface area contributed by atoms with Crippen molar-refractivity contribution in [1.82, 2.24) is 0 Å². The van der Waals surface area contributed by atoms with Gasteiger partial charge in [-0.25, -0.2) is 43.5 Å². The molecule has 2 N–H and O–H groups in total. The summed E-state index contributed by atoms with van der Waals surface area (Å²) in [4.78, 5) is 24.1. The van der Waals surface area contributed by atoms with Crippen LogP contribution in [0.5, 0.6) is 5.75 Å². The van der Waals surface area contributed by atoms with Crippen molar-refractivity contribution >= 4 is 54.7 Å². The highest BCUT2D eigenvalue weighted by Crippen LogP contribution is 2.27. The number of hydrogen-bond donors (Lipinski definition) is 2. The summed E-state index contributed by atoms with van der Waals surface area (Å²) in [5.41, 5.74) is -0.237. The lowest BCUT2D eigenvalue weighted by molar-refractivity contribution is 0.101. The third kappa shape index (κ3) is 10.7. The molecule has 0 atom stereocenters. The lowest BCUT2D eigenvalue weighted by atomic mass is 10.2. The first kappa shape index (κ1) is 39.7. The van der Waals surface area contributed by atoms with Crippen molar-refractivity contribution in [2.24, 2.45) is 0 Å². The quantitative estimate of drug-likeness (QED) is 0.0669. The van der Waals surface area contributed by atoms with Gasteiger partial charge in [-0.1, -0.05) is 12.1 Å². The fourth-order valence-electron chi connectivity index (χ4n) is 4.16. The number of thioether (sulfide) groups is 1. The monoisotopic (exact) mass is 788 g/mol. The van der Waals surface area contributed by atoms with E-state index >= 15 is 0 Å². The van der Waals surface area contributed by atoms with Gasteiger partial charge in [0, 0.05) is 68.1 Å². The summed E-state index contributed by atoms with van der Waals surface area (Å²) in [5, 5.41) is 4.22. The van der Waals surface area contributed by atoms with E-state index in [0.29, 0.717) is 47.0 Å². The number of ether oxygens (including phenoxy) is 1. The summed E-state index contributed by atoms with van der Waals surface area (Å²) < 4.78 is 133. The Labute approximate surface area is 299 Å². The number of carbonyl (C=O) groups excluding carboxylic acids is 2. The molecule has 0 saturated heterocycles. The lowest BCUT2D eigenvalue weighted by Crippen LogP contribution is -2.13. The highest BCUT2D eigenvalue weighted by molar-refractivity contribution is 8.13. The normalized spacial score (nSPS) is 11.0. The van der Waals surface area contributed by atoms with Gasteiger partial charge in [0.05, 0.1) is 12.0 Å². The molecular weight excluding hydrogens is 768 g/mol. The third-order valence-corrected chi connectivity index (χ3v) is 8.98. The number of amides is 2. The zero-order valence-electron chi connectivity index (χ0n) is 26.0. The van der Waals surface area contributed by atoms with Gasteiger partial charge in [-0.3, -0.25) is 9.59 Å². The van der Waals surface area contributed by atoms with E-state index in [0.717, 1.165) is 23.4 Å². The van der Waals surface area contributed by atoms with Crippen LogP contribution in [0, 0.1) is 46.5 Å². The zero-order valence-corrected chi connectivity index (χ0v) is 28.4. The Hall–Kier alpha value is -5.13. The lowest BCUT2D eigenvalue weighted by Gasteiger charge is -2.09. The van der Waals surface area contributed by atoms with E-state index in [1.165, 1.54) is 23.9 Å². The molecule has 0 aliphatic rings. The molecule has 0 spiro atoms. The number of anilines is 2. The Kier molecular flexibility index (Phi) is 12.9. The second-order valence-corrected chi connectivity index (χ2v) is 14.0. The van der Waals surface area contributed by atoms with E-state index in [2.05, 4.69) is 5.32 Å². The maximum atomic E-state index is 14.0. The van der Waals surface area contributed by atoms with Gasteiger partial charge in [0.2, 0.25) is 0 Å². The number of nitrogens with one attached hydrogen (secondary N) is 2. The van der Waals surface area contributed by atoms with Gasteiger partial charge in [-0.15, -0.1) is 11.8 Å². The number of hydrogen-bond acceptors (Lipinski definition) is 6. The zero-order chi connectivity index (χ0) is 38.3. The maximum Gasteiger partial charge on any atom is 0.261 e. The first-order chi connectivity index (χ1) is 24.4. The van der Waals surface area contributed by atoms with Crippen molar-refractivity contribution < 1.29 is 57.9 Å². The van der Waals surface area contributed by atoms with Crippen LogP contribution in [0.1, 0.15) is 26.3 Å². The van der Waals surface area contributed by atoms with Crippen LogP contribution in [0.25, 0.3) is 0 Å². The fraction of sp³-hybridized carbons (Fsp3) is 0.0588. The molecule has 2 amide bonds. The van der Waals surface area contributed by atoms with Gasteiger partial charge < -0.3 is 15.4 Å². The Morgan fingerprint density at radius 2 is 1.10 bits per heavy atom. The first-order valence-corrected chi connectivity index (χ1v) is 17.5. The number of benzene rings is 5. The van der Waals surface area contributed by atoms with Crippen LogP contribution in [0.3, 0.4) is 0 Å². The number of carbonyl (C=O) groups is 2. The molecule has 18 heteroatoms. The number of rotatable bonds is 9. The third-order valence-electron chi connectivity index (χ3n) is 6.60. The predicted octanol–water partition coefficient (Wildman–Crippen LogP) is 9.22. The Balaban J connectivity index is 0.000000239. The Morgan fingerprint density at radius 1 is 0.654 bits per heavy atom. The van der Waals surface area contributed by atoms with Gasteiger partial charge in [-0.05, 0) is 54.1 Å². The summed E-state index contributed by atoms with van der Waals surface area (Å²) in [7, 11) is 2.34. The van der Waals surface area contributed by atoms with Gasteiger partial charge >= 0.3 is 0 Å². The molecule has 0 radical (unpaired) electrons. The van der Waals surface area contributed by atoms with E-state index in [-0.39, 0.29) is 11.3 Å². The van der Waals surface area contributed by atoms with Crippen LogP contribution in [0.15, 0.2) is 94.7 Å². The van der Waals surface area contributed by atoms with Crippen LogP contribution in [0.2, 0.25) is 0 Å². The van der Waals surface area contributed by atoms with Gasteiger partial charge in [0.1, 0.15) is 17.4 Å². The molecule has 52 heavy (non-hydrogen) atoms. The SMILES string of the molecule is COc1ccc(CSc2cc(F)cc(C(=O)Nc3cc(F)c(F)c(F)c3)c2)cc1.O=C(Nc1cc(F)c(F)c(F)c1)c1cc(F)cc(S(=O)(=O)Cl)c1. The topological polar surface area (TPSA) is 102 Å². The van der Waals surface area contributed by atoms with E-state index in [1.54, 1.807) is 19.2 Å². The molecule has 0 fully saturated rings. The van der Waals surface area contributed by atoms with Crippen molar-refractivity contribution in [1.29, 1.82) is 0 Å². The molecule has 0 unspecified atom stereocenters. The van der Waals surface area contributed by atoms with Gasteiger partial charge in [0.15, 0.2) is 34.9 Å². The molecule has 0 bridgehead atoms. The van der Waals surface area contributed by atoms with Crippen molar-refractivity contribution in [2.45, 2.75) is 15.5 Å². The largest absolute Gasteiger partial charge is 0.497 e. The highest BCUT2D eigenvalue weighted by atomic mass is 35.7. The molecule has 5 aromatic carbocycles. The molecule has 5 rings (SSSR count).